The molecular weight excluding hydrogens is 314 g/mol. The Morgan fingerprint density at radius 2 is 2.16 bits per heavy atom. The predicted molar refractivity (Wildman–Crippen MR) is 97.2 cm³/mol. The second kappa shape index (κ2) is 8.76. The van der Waals surface area contributed by atoms with Gasteiger partial charge in [-0.1, -0.05) is 13.3 Å². The number of carbonyl (C=O) groups excluding carboxylic acids is 1. The number of unbranched alkanes of at least 4 members (excludes halogenated alkanes) is 1. The minimum absolute atomic E-state index is 0.0818. The lowest BCUT2D eigenvalue weighted by molar-refractivity contribution is 0.0760. The Morgan fingerprint density at radius 3 is 2.96 bits per heavy atom. The van der Waals surface area contributed by atoms with E-state index in [0.717, 1.165) is 57.1 Å². The van der Waals surface area contributed by atoms with Crippen LogP contribution in [0.25, 0.3) is 0 Å². The summed E-state index contributed by atoms with van der Waals surface area (Å²) in [5, 5.41) is 0. The number of aromatic nitrogens is 3. The number of carbonyl (C=O) groups is 1. The molecule has 2 aromatic heterocycles. The summed E-state index contributed by atoms with van der Waals surface area (Å²) >= 11 is 0. The van der Waals surface area contributed by atoms with E-state index in [0.29, 0.717) is 5.56 Å². The molecule has 1 aliphatic heterocycles. The van der Waals surface area contributed by atoms with Crippen LogP contribution in [0.1, 0.15) is 48.1 Å². The molecule has 1 amide bonds. The molecule has 1 fully saturated rings. The van der Waals surface area contributed by atoms with Crippen molar-refractivity contribution in [3.63, 3.8) is 0 Å². The first-order valence-corrected chi connectivity index (χ1v) is 9.20. The minimum atomic E-state index is 0.0818. The average Bonchev–Trinajstić information content (AvgIpc) is 2.96. The maximum atomic E-state index is 12.6. The summed E-state index contributed by atoms with van der Waals surface area (Å²) < 4.78 is 0. The van der Waals surface area contributed by atoms with Gasteiger partial charge in [0.1, 0.15) is 5.82 Å². The van der Waals surface area contributed by atoms with Crippen molar-refractivity contribution in [2.45, 2.75) is 39.2 Å². The summed E-state index contributed by atoms with van der Waals surface area (Å²) in [6.07, 6.45) is 9.65. The molecule has 0 aromatic carbocycles. The number of aryl methyl sites for hydroxylation is 1. The molecule has 0 radical (unpaired) electrons. The van der Waals surface area contributed by atoms with Gasteiger partial charge >= 0.3 is 0 Å². The van der Waals surface area contributed by atoms with Gasteiger partial charge in [0, 0.05) is 63.4 Å². The van der Waals surface area contributed by atoms with E-state index >= 15 is 0 Å². The van der Waals surface area contributed by atoms with Crippen LogP contribution in [0.4, 0.5) is 0 Å². The zero-order chi connectivity index (χ0) is 17.5. The van der Waals surface area contributed by atoms with E-state index in [9.17, 15) is 4.79 Å². The summed E-state index contributed by atoms with van der Waals surface area (Å²) in [5.74, 6) is 1.17. The average molecular weight is 341 g/mol. The zero-order valence-corrected chi connectivity index (χ0v) is 14.9. The summed E-state index contributed by atoms with van der Waals surface area (Å²) in [7, 11) is 0. The number of amides is 1. The third kappa shape index (κ3) is 4.89. The first-order valence-electron chi connectivity index (χ1n) is 9.20. The van der Waals surface area contributed by atoms with Crippen molar-refractivity contribution in [3.8, 4) is 0 Å². The highest BCUT2D eigenvalue weighted by Gasteiger charge is 2.20. The number of hydrogen-bond acceptors (Lipinski definition) is 4. The summed E-state index contributed by atoms with van der Waals surface area (Å²) in [6, 6.07) is 3.64. The fraction of sp³-hybridized carbons (Fsp3) is 0.526. The highest BCUT2D eigenvalue weighted by molar-refractivity contribution is 5.93. The fourth-order valence-corrected chi connectivity index (χ4v) is 3.20. The first kappa shape index (κ1) is 17.6. The second-order valence-electron chi connectivity index (χ2n) is 6.62. The van der Waals surface area contributed by atoms with Crippen LogP contribution in [0.2, 0.25) is 0 Å². The molecule has 1 N–H and O–H groups in total. The molecule has 3 heterocycles. The van der Waals surface area contributed by atoms with E-state index < -0.39 is 0 Å². The maximum absolute atomic E-state index is 12.6. The number of hydrogen-bond donors (Lipinski definition) is 1. The van der Waals surface area contributed by atoms with Crippen LogP contribution in [0.3, 0.4) is 0 Å². The normalized spacial score (nSPS) is 16.0. The smallest absolute Gasteiger partial charge is 0.255 e. The number of rotatable bonds is 6. The molecule has 6 nitrogen and oxygen atoms in total. The standard InChI is InChI=1S/C19H27N5O/c1-2-3-7-18-21-14-17(22-18)15-23-9-5-10-24(12-11-23)19(25)16-6-4-8-20-13-16/h4,6,8,13-14H,2-3,5,7,9-12,15H2,1H3,(H,21,22). The van der Waals surface area contributed by atoms with Crippen molar-refractivity contribution in [2.24, 2.45) is 0 Å². The van der Waals surface area contributed by atoms with Gasteiger partial charge in [-0.15, -0.1) is 0 Å². The summed E-state index contributed by atoms with van der Waals surface area (Å²) in [5.41, 5.74) is 1.84. The van der Waals surface area contributed by atoms with Gasteiger partial charge < -0.3 is 9.88 Å². The number of H-pyrrole nitrogens is 1. The molecule has 0 aliphatic carbocycles. The van der Waals surface area contributed by atoms with Crippen LogP contribution in [0.5, 0.6) is 0 Å². The van der Waals surface area contributed by atoms with E-state index in [2.05, 4.69) is 26.8 Å². The molecule has 1 aliphatic rings. The third-order valence-electron chi connectivity index (χ3n) is 4.63. The summed E-state index contributed by atoms with van der Waals surface area (Å²) in [6.45, 7) is 6.50. The third-order valence-corrected chi connectivity index (χ3v) is 4.63. The van der Waals surface area contributed by atoms with Gasteiger partial charge in [0.05, 0.1) is 5.56 Å². The van der Waals surface area contributed by atoms with Gasteiger partial charge in [-0.25, -0.2) is 4.98 Å². The molecule has 134 valence electrons. The predicted octanol–water partition coefficient (Wildman–Crippen LogP) is 2.50. The highest BCUT2D eigenvalue weighted by Crippen LogP contribution is 2.11. The van der Waals surface area contributed by atoms with Gasteiger partial charge in [-0.3, -0.25) is 14.7 Å². The molecule has 0 bridgehead atoms. The molecule has 0 atom stereocenters. The molecular formula is C19H27N5O. The molecule has 0 spiro atoms. The SMILES string of the molecule is CCCCc1ncc(CN2CCCN(C(=O)c3cccnc3)CC2)[nH]1. The van der Waals surface area contributed by atoms with Gasteiger partial charge in [0.2, 0.25) is 0 Å². The van der Waals surface area contributed by atoms with Crippen molar-refractivity contribution in [1.82, 2.24) is 24.8 Å². The number of aromatic amines is 1. The van der Waals surface area contributed by atoms with E-state index in [1.807, 2.05) is 23.2 Å². The second-order valence-corrected chi connectivity index (χ2v) is 6.62. The van der Waals surface area contributed by atoms with Crippen molar-refractivity contribution >= 4 is 5.91 Å². The largest absolute Gasteiger partial charge is 0.345 e. The minimum Gasteiger partial charge on any atom is -0.345 e. The number of pyridine rings is 1. The van der Waals surface area contributed by atoms with Gasteiger partial charge in [0.15, 0.2) is 0 Å². The molecule has 6 heteroatoms. The van der Waals surface area contributed by atoms with Crippen molar-refractivity contribution < 1.29 is 4.79 Å². The lowest BCUT2D eigenvalue weighted by Gasteiger charge is -2.21. The lowest BCUT2D eigenvalue weighted by Crippen LogP contribution is -2.35. The number of imidazole rings is 1. The Morgan fingerprint density at radius 1 is 1.24 bits per heavy atom. The van der Waals surface area contributed by atoms with Gasteiger partial charge in [-0.2, -0.15) is 0 Å². The molecule has 2 aromatic rings. The topological polar surface area (TPSA) is 65.1 Å². The van der Waals surface area contributed by atoms with Crippen LogP contribution in [0, 0.1) is 0 Å². The summed E-state index contributed by atoms with van der Waals surface area (Å²) in [4.78, 5) is 28.9. The molecule has 0 saturated carbocycles. The Balaban J connectivity index is 1.53. The van der Waals surface area contributed by atoms with Gasteiger partial charge in [0.25, 0.3) is 5.91 Å². The monoisotopic (exact) mass is 341 g/mol. The molecule has 25 heavy (non-hydrogen) atoms. The Hall–Kier alpha value is -2.21. The van der Waals surface area contributed by atoms with E-state index in [1.54, 1.807) is 12.4 Å². The highest BCUT2D eigenvalue weighted by atomic mass is 16.2. The lowest BCUT2D eigenvalue weighted by atomic mass is 10.2. The quantitative estimate of drug-likeness (QED) is 0.877. The van der Waals surface area contributed by atoms with Crippen molar-refractivity contribution in [3.05, 3.63) is 47.8 Å². The first-order chi connectivity index (χ1) is 12.3. The van der Waals surface area contributed by atoms with Crippen molar-refractivity contribution in [1.29, 1.82) is 0 Å². The Bertz CT molecular complexity index is 669. The van der Waals surface area contributed by atoms with Crippen LogP contribution in [0.15, 0.2) is 30.7 Å². The van der Waals surface area contributed by atoms with Crippen LogP contribution >= 0.6 is 0 Å². The Kier molecular flexibility index (Phi) is 6.17. The van der Waals surface area contributed by atoms with Crippen LogP contribution in [-0.2, 0) is 13.0 Å². The van der Waals surface area contributed by atoms with E-state index in [4.69, 9.17) is 0 Å². The van der Waals surface area contributed by atoms with Crippen LogP contribution < -0.4 is 0 Å². The maximum Gasteiger partial charge on any atom is 0.255 e. The zero-order valence-electron chi connectivity index (χ0n) is 14.9. The van der Waals surface area contributed by atoms with E-state index in [-0.39, 0.29) is 5.91 Å². The van der Waals surface area contributed by atoms with Gasteiger partial charge in [-0.05, 0) is 25.0 Å². The number of nitrogens with zero attached hydrogens (tertiary/aromatic N) is 4. The Labute approximate surface area is 149 Å². The van der Waals surface area contributed by atoms with Crippen molar-refractivity contribution in [2.75, 3.05) is 26.2 Å². The van der Waals surface area contributed by atoms with Crippen LogP contribution in [-0.4, -0.2) is 56.8 Å². The number of nitrogens with one attached hydrogen (secondary N) is 1. The molecule has 3 rings (SSSR count). The molecule has 1 saturated heterocycles. The van der Waals surface area contributed by atoms with E-state index in [1.165, 1.54) is 12.8 Å². The molecule has 0 unspecified atom stereocenters. The fourth-order valence-electron chi connectivity index (χ4n) is 3.20.